The van der Waals surface area contributed by atoms with Gasteiger partial charge in [0, 0.05) is 25.0 Å². The van der Waals surface area contributed by atoms with Gasteiger partial charge in [-0.05, 0) is 24.8 Å². The molecule has 0 saturated heterocycles. The molecule has 3 aromatic rings. The van der Waals surface area contributed by atoms with Gasteiger partial charge in [-0.25, -0.2) is 4.98 Å². The standard InChI is InChI=1S/C14H15ClN6S/c1-9-6-12(16-2)21-14(18-13(19-21)22-3)20(9)8-10-4-5-11(15)17-7-10/h4-7H,8H2,1-3H3/b16-12+. The minimum absolute atomic E-state index is 0.489. The van der Waals surface area contributed by atoms with Crippen LogP contribution in [0.15, 0.2) is 34.5 Å². The van der Waals surface area contributed by atoms with E-state index in [0.717, 1.165) is 27.7 Å². The maximum absolute atomic E-state index is 5.84. The smallest absolute Gasteiger partial charge is 0.235 e. The van der Waals surface area contributed by atoms with Gasteiger partial charge < -0.3 is 4.57 Å². The molecule has 6 nitrogen and oxygen atoms in total. The highest BCUT2D eigenvalue weighted by Crippen LogP contribution is 2.13. The molecule has 114 valence electrons. The first-order valence-electron chi connectivity index (χ1n) is 6.67. The largest absolute Gasteiger partial charge is 0.310 e. The Morgan fingerprint density at radius 1 is 1.36 bits per heavy atom. The zero-order valence-electron chi connectivity index (χ0n) is 12.5. The third-order valence-electron chi connectivity index (χ3n) is 3.33. The topological polar surface area (TPSA) is 60.4 Å². The van der Waals surface area contributed by atoms with Gasteiger partial charge in [-0.1, -0.05) is 29.4 Å². The Morgan fingerprint density at radius 3 is 2.82 bits per heavy atom. The average Bonchev–Trinajstić information content (AvgIpc) is 2.96. The first-order chi connectivity index (χ1) is 10.6. The van der Waals surface area contributed by atoms with Crippen molar-refractivity contribution in [1.29, 1.82) is 0 Å². The Kier molecular flexibility index (Phi) is 4.17. The van der Waals surface area contributed by atoms with Crippen LogP contribution in [0.25, 0.3) is 5.78 Å². The molecule has 3 aromatic heterocycles. The Balaban J connectivity index is 2.18. The molecule has 0 unspecified atom stereocenters. The Bertz CT molecular complexity index is 881. The summed E-state index contributed by atoms with van der Waals surface area (Å²) in [4.78, 5) is 13.0. The van der Waals surface area contributed by atoms with E-state index in [1.807, 2.05) is 25.3 Å². The molecule has 0 radical (unpaired) electrons. The molecule has 0 aliphatic heterocycles. The molecule has 0 amide bonds. The lowest BCUT2D eigenvalue weighted by Crippen LogP contribution is -2.22. The predicted octanol–water partition coefficient (Wildman–Crippen LogP) is 2.19. The van der Waals surface area contributed by atoms with E-state index in [9.17, 15) is 0 Å². The molecular formula is C14H15ClN6S. The number of pyridine rings is 1. The zero-order chi connectivity index (χ0) is 15.7. The summed E-state index contributed by atoms with van der Waals surface area (Å²) < 4.78 is 3.86. The first-order valence-corrected chi connectivity index (χ1v) is 8.27. The lowest BCUT2D eigenvalue weighted by atomic mass is 10.2. The number of halogens is 1. The SMILES string of the molecule is C/N=c1\cc(C)n(Cc2ccc(Cl)nc2)c2nc(SC)nn12. The molecule has 0 atom stereocenters. The number of hydrogen-bond acceptors (Lipinski definition) is 5. The van der Waals surface area contributed by atoms with Crippen LogP contribution >= 0.6 is 23.4 Å². The molecule has 0 spiro atoms. The molecular weight excluding hydrogens is 320 g/mol. The minimum Gasteiger partial charge on any atom is -0.310 e. The highest BCUT2D eigenvalue weighted by atomic mass is 35.5. The van der Waals surface area contributed by atoms with Gasteiger partial charge in [0.25, 0.3) is 0 Å². The number of aryl methyl sites for hydroxylation is 1. The maximum atomic E-state index is 5.84. The van der Waals surface area contributed by atoms with Gasteiger partial charge in [-0.3, -0.25) is 4.99 Å². The molecule has 3 rings (SSSR count). The van der Waals surface area contributed by atoms with Crippen molar-refractivity contribution in [3.8, 4) is 0 Å². The van der Waals surface area contributed by atoms with E-state index in [-0.39, 0.29) is 0 Å². The fraction of sp³-hybridized carbons (Fsp3) is 0.286. The van der Waals surface area contributed by atoms with Gasteiger partial charge in [0.2, 0.25) is 10.9 Å². The molecule has 0 fully saturated rings. The van der Waals surface area contributed by atoms with Crippen molar-refractivity contribution < 1.29 is 0 Å². The molecule has 0 saturated carbocycles. The number of thioether (sulfide) groups is 1. The summed E-state index contributed by atoms with van der Waals surface area (Å²) in [5.41, 5.74) is 2.89. The molecule has 8 heteroatoms. The molecule has 3 heterocycles. The van der Waals surface area contributed by atoms with Gasteiger partial charge in [0.1, 0.15) is 5.15 Å². The summed E-state index contributed by atoms with van der Waals surface area (Å²) in [5, 5.41) is 5.69. The van der Waals surface area contributed by atoms with Gasteiger partial charge in [-0.15, -0.1) is 5.10 Å². The van der Waals surface area contributed by atoms with Crippen LogP contribution < -0.4 is 5.49 Å². The van der Waals surface area contributed by atoms with E-state index in [1.54, 1.807) is 23.8 Å². The lowest BCUT2D eigenvalue weighted by molar-refractivity contribution is 0.719. The van der Waals surface area contributed by atoms with E-state index in [1.165, 1.54) is 11.8 Å². The molecule has 22 heavy (non-hydrogen) atoms. The van der Waals surface area contributed by atoms with Crippen molar-refractivity contribution in [2.24, 2.45) is 4.99 Å². The van der Waals surface area contributed by atoms with Gasteiger partial charge >= 0.3 is 0 Å². The summed E-state index contributed by atoms with van der Waals surface area (Å²) in [6.45, 7) is 2.68. The van der Waals surface area contributed by atoms with E-state index in [4.69, 9.17) is 11.6 Å². The fourth-order valence-corrected chi connectivity index (χ4v) is 2.67. The monoisotopic (exact) mass is 334 g/mol. The Labute approximate surface area is 136 Å². The quantitative estimate of drug-likeness (QED) is 0.544. The van der Waals surface area contributed by atoms with Gasteiger partial charge in [-0.2, -0.15) is 9.50 Å². The minimum atomic E-state index is 0.489. The second-order valence-corrected chi connectivity index (χ2v) is 5.91. The van der Waals surface area contributed by atoms with Crippen molar-refractivity contribution >= 4 is 29.1 Å². The molecule has 0 aliphatic rings. The Hall–Kier alpha value is -1.86. The summed E-state index contributed by atoms with van der Waals surface area (Å²) in [7, 11) is 1.75. The highest BCUT2D eigenvalue weighted by molar-refractivity contribution is 7.98. The van der Waals surface area contributed by atoms with Crippen molar-refractivity contribution in [1.82, 2.24) is 24.1 Å². The molecule has 0 aromatic carbocycles. The van der Waals surface area contributed by atoms with E-state index >= 15 is 0 Å². The summed E-state index contributed by atoms with van der Waals surface area (Å²) >= 11 is 7.35. The van der Waals surface area contributed by atoms with Gasteiger partial charge in [0.05, 0.1) is 6.54 Å². The molecule has 0 N–H and O–H groups in total. The number of fused-ring (bicyclic) bond motifs is 1. The third kappa shape index (κ3) is 2.74. The second-order valence-electron chi connectivity index (χ2n) is 4.75. The first kappa shape index (κ1) is 15.1. The number of aromatic nitrogens is 5. The van der Waals surface area contributed by atoms with Crippen LogP contribution in [0.4, 0.5) is 0 Å². The summed E-state index contributed by atoms with van der Waals surface area (Å²) in [6.07, 6.45) is 3.73. The normalized spacial score (nSPS) is 12.3. The van der Waals surface area contributed by atoms with Crippen LogP contribution in [-0.2, 0) is 6.54 Å². The van der Waals surface area contributed by atoms with Crippen molar-refractivity contribution in [2.75, 3.05) is 13.3 Å². The highest BCUT2D eigenvalue weighted by Gasteiger charge is 2.11. The Morgan fingerprint density at radius 2 is 2.18 bits per heavy atom. The van der Waals surface area contributed by atoms with Crippen LogP contribution in [-0.4, -0.2) is 37.5 Å². The number of rotatable bonds is 3. The zero-order valence-corrected chi connectivity index (χ0v) is 14.1. The van der Waals surface area contributed by atoms with E-state index in [2.05, 4.69) is 24.6 Å². The van der Waals surface area contributed by atoms with E-state index < -0.39 is 0 Å². The lowest BCUT2D eigenvalue weighted by Gasteiger charge is -2.12. The van der Waals surface area contributed by atoms with Crippen LogP contribution in [0.5, 0.6) is 0 Å². The fourth-order valence-electron chi connectivity index (χ4n) is 2.22. The van der Waals surface area contributed by atoms with Crippen LogP contribution in [0, 0.1) is 6.92 Å². The summed E-state index contributed by atoms with van der Waals surface area (Å²) in [6, 6.07) is 5.74. The van der Waals surface area contributed by atoms with Crippen LogP contribution in [0.3, 0.4) is 0 Å². The maximum Gasteiger partial charge on any atom is 0.235 e. The van der Waals surface area contributed by atoms with Crippen molar-refractivity contribution in [3.63, 3.8) is 0 Å². The molecule has 0 bridgehead atoms. The van der Waals surface area contributed by atoms with Crippen molar-refractivity contribution in [2.45, 2.75) is 18.6 Å². The van der Waals surface area contributed by atoms with Crippen molar-refractivity contribution in [3.05, 3.63) is 46.3 Å². The number of hydrogen-bond donors (Lipinski definition) is 0. The molecule has 0 aliphatic carbocycles. The number of nitrogens with zero attached hydrogens (tertiary/aromatic N) is 6. The third-order valence-corrected chi connectivity index (χ3v) is 4.10. The average molecular weight is 335 g/mol. The van der Waals surface area contributed by atoms with Gasteiger partial charge in [0.15, 0.2) is 5.49 Å². The van der Waals surface area contributed by atoms with Crippen LogP contribution in [0.1, 0.15) is 11.3 Å². The van der Waals surface area contributed by atoms with E-state index in [0.29, 0.717) is 11.7 Å². The second kappa shape index (κ2) is 6.10. The van der Waals surface area contributed by atoms with Crippen LogP contribution in [0.2, 0.25) is 5.15 Å². The summed E-state index contributed by atoms with van der Waals surface area (Å²) in [5.74, 6) is 0.764. The predicted molar refractivity (Wildman–Crippen MR) is 87.3 cm³/mol.